The van der Waals surface area contributed by atoms with Crippen molar-refractivity contribution in [2.75, 3.05) is 64.9 Å². The zero-order valence-corrected chi connectivity index (χ0v) is 25.6. The number of anilines is 1. The minimum atomic E-state index is -3.78. The fourth-order valence-electron chi connectivity index (χ4n) is 5.07. The van der Waals surface area contributed by atoms with Crippen LogP contribution in [0.2, 0.25) is 0 Å². The second-order valence-electron chi connectivity index (χ2n) is 11.2. The topological polar surface area (TPSA) is 129 Å². The molecule has 1 saturated heterocycles. The number of sulfonamides is 1. The lowest BCUT2D eigenvalue weighted by Crippen LogP contribution is -2.50. The smallest absolute Gasteiger partial charge is 0.258 e. The van der Waals surface area contributed by atoms with Crippen LogP contribution in [0.15, 0.2) is 47.4 Å². The molecule has 4 rings (SSSR count). The summed E-state index contributed by atoms with van der Waals surface area (Å²) in [7, 11) is -2.27. The van der Waals surface area contributed by atoms with Crippen molar-refractivity contribution < 1.29 is 32.6 Å². The van der Waals surface area contributed by atoms with Gasteiger partial charge in [-0.1, -0.05) is 24.6 Å². The summed E-state index contributed by atoms with van der Waals surface area (Å²) in [5.74, 6) is -0.469. The van der Waals surface area contributed by atoms with Crippen molar-refractivity contribution in [1.82, 2.24) is 14.1 Å². The van der Waals surface area contributed by atoms with Crippen LogP contribution < -0.4 is 10.1 Å². The molecule has 2 N–H and O–H groups in total. The molecular formula is C30H42N4O7S. The molecule has 0 unspecified atom stereocenters. The van der Waals surface area contributed by atoms with E-state index in [2.05, 4.69) is 10.2 Å². The minimum absolute atomic E-state index is 0.0480. The first-order valence-electron chi connectivity index (χ1n) is 14.3. The van der Waals surface area contributed by atoms with Crippen molar-refractivity contribution in [2.24, 2.45) is 5.92 Å². The quantitative estimate of drug-likeness (QED) is 0.424. The number of aliphatic hydroxyl groups excluding tert-OH is 1. The summed E-state index contributed by atoms with van der Waals surface area (Å²) >= 11 is 0. The molecule has 0 radical (unpaired) electrons. The molecule has 2 heterocycles. The number of fused-ring (bicyclic) bond motifs is 1. The number of morpholine rings is 1. The number of likely N-dealkylation sites (N-methyl/N-ethyl adjacent to an activating group) is 1. The van der Waals surface area contributed by atoms with E-state index < -0.39 is 22.2 Å². The molecule has 0 aliphatic carbocycles. The van der Waals surface area contributed by atoms with E-state index in [0.29, 0.717) is 37.6 Å². The third-order valence-corrected chi connectivity index (χ3v) is 9.71. The van der Waals surface area contributed by atoms with Crippen LogP contribution in [0.3, 0.4) is 0 Å². The number of aryl methyl sites for hydroxylation is 1. The van der Waals surface area contributed by atoms with E-state index in [1.165, 1.54) is 11.4 Å². The van der Waals surface area contributed by atoms with Crippen molar-refractivity contribution in [3.05, 3.63) is 53.6 Å². The highest BCUT2D eigenvalue weighted by molar-refractivity contribution is 7.89. The number of aliphatic hydroxyl groups is 1. The highest BCUT2D eigenvalue weighted by Crippen LogP contribution is 2.31. The van der Waals surface area contributed by atoms with Crippen LogP contribution >= 0.6 is 0 Å². The first-order valence-corrected chi connectivity index (χ1v) is 15.8. The van der Waals surface area contributed by atoms with E-state index in [9.17, 15) is 23.1 Å². The Kier molecular flexibility index (Phi) is 10.6. The van der Waals surface area contributed by atoms with Gasteiger partial charge in [-0.25, -0.2) is 8.42 Å². The molecule has 230 valence electrons. The van der Waals surface area contributed by atoms with E-state index in [0.717, 1.165) is 18.7 Å². The van der Waals surface area contributed by atoms with E-state index in [1.807, 2.05) is 13.8 Å². The lowest BCUT2D eigenvalue weighted by atomic mass is 9.99. The second kappa shape index (κ2) is 14.0. The summed E-state index contributed by atoms with van der Waals surface area (Å²) in [6.45, 7) is 9.12. The van der Waals surface area contributed by atoms with Gasteiger partial charge in [-0.15, -0.1) is 0 Å². The SMILES string of the molecule is Cc1ccc(S(=O)(=O)N(C)C[C@@H]2Oc3ccc(NC(=O)CCN4CCOCC4)cc3C(=O)N([C@H](C)CO)C[C@@H]2C)cc1. The molecule has 2 aromatic carbocycles. The molecule has 11 nitrogen and oxygen atoms in total. The Morgan fingerprint density at radius 3 is 2.52 bits per heavy atom. The number of carbonyl (C=O) groups is 2. The lowest BCUT2D eigenvalue weighted by Gasteiger charge is -2.38. The van der Waals surface area contributed by atoms with Crippen LogP contribution in [-0.2, 0) is 19.6 Å². The van der Waals surface area contributed by atoms with Crippen LogP contribution in [0.5, 0.6) is 5.75 Å². The van der Waals surface area contributed by atoms with Gasteiger partial charge in [-0.3, -0.25) is 14.5 Å². The van der Waals surface area contributed by atoms with Crippen molar-refractivity contribution in [1.29, 1.82) is 0 Å². The van der Waals surface area contributed by atoms with Crippen molar-refractivity contribution in [3.8, 4) is 5.75 Å². The molecule has 2 aliphatic rings. The molecular weight excluding hydrogens is 560 g/mol. The van der Waals surface area contributed by atoms with Crippen LogP contribution in [-0.4, -0.2) is 111 Å². The van der Waals surface area contributed by atoms with Crippen molar-refractivity contribution in [3.63, 3.8) is 0 Å². The summed E-state index contributed by atoms with van der Waals surface area (Å²) in [4.78, 5) is 30.3. The van der Waals surface area contributed by atoms with Crippen molar-refractivity contribution >= 4 is 27.5 Å². The van der Waals surface area contributed by atoms with Crippen molar-refractivity contribution in [2.45, 2.75) is 44.2 Å². The fraction of sp³-hybridized carbons (Fsp3) is 0.533. The number of hydrogen-bond donors (Lipinski definition) is 2. The highest BCUT2D eigenvalue weighted by Gasteiger charge is 2.35. The second-order valence-corrected chi connectivity index (χ2v) is 13.2. The summed E-state index contributed by atoms with van der Waals surface area (Å²) < 4.78 is 39.6. The number of nitrogens with one attached hydrogen (secondary N) is 1. The number of benzene rings is 2. The first-order chi connectivity index (χ1) is 20.0. The zero-order valence-electron chi connectivity index (χ0n) is 24.8. The Labute approximate surface area is 248 Å². The molecule has 2 aromatic rings. The van der Waals surface area contributed by atoms with E-state index in [4.69, 9.17) is 9.47 Å². The third-order valence-electron chi connectivity index (χ3n) is 7.87. The van der Waals surface area contributed by atoms with Gasteiger partial charge >= 0.3 is 0 Å². The Bertz CT molecular complexity index is 1350. The number of hydrogen-bond acceptors (Lipinski definition) is 8. The Morgan fingerprint density at radius 1 is 1.17 bits per heavy atom. The van der Waals surface area contributed by atoms with Crippen LogP contribution in [0.1, 0.15) is 36.2 Å². The molecule has 2 amide bonds. The van der Waals surface area contributed by atoms with Gasteiger partial charge in [0.15, 0.2) is 0 Å². The number of amides is 2. The van der Waals surface area contributed by atoms with Gasteiger partial charge in [0.1, 0.15) is 11.9 Å². The zero-order chi connectivity index (χ0) is 30.4. The largest absolute Gasteiger partial charge is 0.488 e. The maximum Gasteiger partial charge on any atom is 0.258 e. The number of nitrogens with zero attached hydrogens (tertiary/aromatic N) is 3. The monoisotopic (exact) mass is 602 g/mol. The predicted molar refractivity (Wildman–Crippen MR) is 159 cm³/mol. The van der Waals surface area contributed by atoms with Crippen LogP contribution in [0, 0.1) is 12.8 Å². The normalized spacial score (nSPS) is 20.8. The van der Waals surface area contributed by atoms with Gasteiger partial charge in [0, 0.05) is 51.3 Å². The Balaban J connectivity index is 1.55. The molecule has 12 heteroatoms. The van der Waals surface area contributed by atoms with Crippen LogP contribution in [0.25, 0.3) is 0 Å². The molecule has 2 aliphatic heterocycles. The summed E-state index contributed by atoms with van der Waals surface area (Å²) in [5.41, 5.74) is 1.65. The third kappa shape index (κ3) is 7.67. The predicted octanol–water partition coefficient (Wildman–Crippen LogP) is 2.20. The first kappa shape index (κ1) is 31.9. The summed E-state index contributed by atoms with van der Waals surface area (Å²) in [5, 5.41) is 12.8. The molecule has 0 aromatic heterocycles. The van der Waals surface area contributed by atoms with Gasteiger partial charge in [-0.05, 0) is 44.2 Å². The molecule has 0 saturated carbocycles. The molecule has 1 fully saturated rings. The van der Waals surface area contributed by atoms with Crippen LogP contribution in [0.4, 0.5) is 5.69 Å². The molecule has 42 heavy (non-hydrogen) atoms. The number of carbonyl (C=O) groups excluding carboxylic acids is 2. The fourth-order valence-corrected chi connectivity index (χ4v) is 6.25. The van der Waals surface area contributed by atoms with Gasteiger partial charge in [0.25, 0.3) is 5.91 Å². The lowest BCUT2D eigenvalue weighted by molar-refractivity contribution is -0.116. The maximum atomic E-state index is 13.7. The van der Waals surface area contributed by atoms with Gasteiger partial charge in [0.05, 0.1) is 42.9 Å². The minimum Gasteiger partial charge on any atom is -0.488 e. The highest BCUT2D eigenvalue weighted by atomic mass is 32.2. The average Bonchev–Trinajstić information content (AvgIpc) is 2.98. The Hall–Kier alpha value is -3.03. The maximum absolute atomic E-state index is 13.7. The van der Waals surface area contributed by atoms with Gasteiger partial charge in [0.2, 0.25) is 15.9 Å². The molecule has 0 bridgehead atoms. The van der Waals surface area contributed by atoms with Gasteiger partial charge in [-0.2, -0.15) is 4.31 Å². The van der Waals surface area contributed by atoms with E-state index in [-0.39, 0.29) is 47.9 Å². The number of ether oxygens (including phenoxy) is 2. The van der Waals surface area contributed by atoms with E-state index >= 15 is 0 Å². The molecule has 3 atom stereocenters. The molecule has 0 spiro atoms. The summed E-state index contributed by atoms with van der Waals surface area (Å²) in [6.07, 6.45) is -0.291. The summed E-state index contributed by atoms with van der Waals surface area (Å²) in [6, 6.07) is 11.1. The Morgan fingerprint density at radius 2 is 1.86 bits per heavy atom. The van der Waals surface area contributed by atoms with Gasteiger partial charge < -0.3 is 24.8 Å². The number of rotatable bonds is 10. The van der Waals surface area contributed by atoms with E-state index in [1.54, 1.807) is 54.3 Å². The average molecular weight is 603 g/mol. The standard InChI is InChI=1S/C30H42N4O7S/c1-21-5-8-25(9-6-21)42(38,39)32(4)19-28-22(2)18-34(23(3)20-35)30(37)26-17-24(7-10-27(26)41-28)31-29(36)11-12-33-13-15-40-16-14-33/h5-10,17,22-23,28,35H,11-16,18-20H2,1-4H3,(H,31,36)/t22-,23+,28-/m0/s1.